The van der Waals surface area contributed by atoms with Gasteiger partial charge in [-0.2, -0.15) is 0 Å². The number of nitro groups is 1. The number of nitro benzene ring substituents is 1. The highest BCUT2D eigenvalue weighted by atomic mass is 32.2. The topological polar surface area (TPSA) is 43.1 Å². The molecule has 18 heavy (non-hydrogen) atoms. The highest BCUT2D eigenvalue weighted by Gasteiger charge is 2.06. The molecule has 0 N–H and O–H groups in total. The maximum absolute atomic E-state index is 13.0. The van der Waals surface area contributed by atoms with Crippen LogP contribution in [0.3, 0.4) is 0 Å². The third-order valence-corrected chi connectivity index (χ3v) is 3.17. The fourth-order valence-corrected chi connectivity index (χ4v) is 2.16. The summed E-state index contributed by atoms with van der Waals surface area (Å²) in [5, 5.41) is 10.5. The Kier molecular flexibility index (Phi) is 3.57. The van der Waals surface area contributed by atoms with Gasteiger partial charge in [-0.25, -0.2) is 8.78 Å². The number of nitrogens with zero attached hydrogens (tertiary/aromatic N) is 1. The number of hydrogen-bond donors (Lipinski definition) is 0. The van der Waals surface area contributed by atoms with E-state index in [2.05, 4.69) is 0 Å². The van der Waals surface area contributed by atoms with Crippen molar-refractivity contribution in [2.45, 2.75) is 9.79 Å². The van der Waals surface area contributed by atoms with Crippen LogP contribution in [0.25, 0.3) is 0 Å². The van der Waals surface area contributed by atoms with Gasteiger partial charge in [0.2, 0.25) is 0 Å². The SMILES string of the molecule is O=[N+]([O-])c1ccc(Sc2ccc(F)c(F)c2)cc1. The van der Waals surface area contributed by atoms with E-state index in [1.807, 2.05) is 0 Å². The molecular weight excluding hydrogens is 260 g/mol. The summed E-state index contributed by atoms with van der Waals surface area (Å²) in [6.45, 7) is 0. The van der Waals surface area contributed by atoms with Gasteiger partial charge in [-0.05, 0) is 30.3 Å². The molecule has 92 valence electrons. The molecule has 0 aliphatic heterocycles. The van der Waals surface area contributed by atoms with Gasteiger partial charge in [0.1, 0.15) is 0 Å². The Balaban J connectivity index is 2.18. The summed E-state index contributed by atoms with van der Waals surface area (Å²) in [6.07, 6.45) is 0. The zero-order chi connectivity index (χ0) is 13.1. The van der Waals surface area contributed by atoms with Crippen LogP contribution in [-0.2, 0) is 0 Å². The molecule has 2 aromatic carbocycles. The normalized spacial score (nSPS) is 10.3. The Labute approximate surface area is 106 Å². The lowest BCUT2D eigenvalue weighted by molar-refractivity contribution is -0.384. The van der Waals surface area contributed by atoms with E-state index in [9.17, 15) is 18.9 Å². The zero-order valence-corrected chi connectivity index (χ0v) is 9.79. The molecule has 6 heteroatoms. The highest BCUT2D eigenvalue weighted by Crippen LogP contribution is 2.29. The molecule has 2 rings (SSSR count). The predicted molar refractivity (Wildman–Crippen MR) is 63.6 cm³/mol. The van der Waals surface area contributed by atoms with Crippen molar-refractivity contribution in [3.05, 3.63) is 64.2 Å². The van der Waals surface area contributed by atoms with E-state index in [4.69, 9.17) is 0 Å². The van der Waals surface area contributed by atoms with Gasteiger partial charge < -0.3 is 0 Å². The van der Waals surface area contributed by atoms with Crippen LogP contribution in [0.15, 0.2) is 52.3 Å². The first-order valence-corrected chi connectivity index (χ1v) is 5.75. The number of rotatable bonds is 3. The van der Waals surface area contributed by atoms with Crippen LogP contribution in [-0.4, -0.2) is 4.92 Å². The Bertz CT molecular complexity index is 587. The maximum Gasteiger partial charge on any atom is 0.269 e. The largest absolute Gasteiger partial charge is 0.269 e. The molecule has 0 aromatic heterocycles. The second kappa shape index (κ2) is 5.14. The molecule has 0 saturated carbocycles. The summed E-state index contributed by atoms with van der Waals surface area (Å²) < 4.78 is 25.7. The molecule has 0 spiro atoms. The molecule has 0 bridgehead atoms. The summed E-state index contributed by atoms with van der Waals surface area (Å²) in [6, 6.07) is 9.42. The predicted octanol–water partition coefficient (Wildman–Crippen LogP) is 4.02. The smallest absolute Gasteiger partial charge is 0.258 e. The Morgan fingerprint density at radius 2 is 1.56 bits per heavy atom. The maximum atomic E-state index is 13.0. The molecule has 0 unspecified atom stereocenters. The van der Waals surface area contributed by atoms with Crippen molar-refractivity contribution in [1.82, 2.24) is 0 Å². The first kappa shape index (κ1) is 12.5. The summed E-state index contributed by atoms with van der Waals surface area (Å²) in [4.78, 5) is 11.2. The van der Waals surface area contributed by atoms with E-state index in [1.165, 1.54) is 30.0 Å². The van der Waals surface area contributed by atoms with E-state index >= 15 is 0 Å². The minimum absolute atomic E-state index is 0.00960. The molecule has 0 radical (unpaired) electrons. The van der Waals surface area contributed by atoms with Crippen molar-refractivity contribution in [3.8, 4) is 0 Å². The van der Waals surface area contributed by atoms with Crippen molar-refractivity contribution in [1.29, 1.82) is 0 Å². The molecule has 0 atom stereocenters. The fourth-order valence-electron chi connectivity index (χ4n) is 1.31. The molecule has 0 amide bonds. The van der Waals surface area contributed by atoms with Crippen molar-refractivity contribution in [3.63, 3.8) is 0 Å². The standard InChI is InChI=1S/C12H7F2NO2S/c13-11-6-5-10(7-12(11)14)18-9-3-1-8(2-4-9)15(16)17/h1-7H. The lowest BCUT2D eigenvalue weighted by Gasteiger charge is -2.02. The summed E-state index contributed by atoms with van der Waals surface area (Å²) >= 11 is 1.20. The van der Waals surface area contributed by atoms with Crippen LogP contribution < -0.4 is 0 Å². The quantitative estimate of drug-likeness (QED) is 0.623. The van der Waals surface area contributed by atoms with Gasteiger partial charge in [0.25, 0.3) is 5.69 Å². The first-order chi connectivity index (χ1) is 8.56. The van der Waals surface area contributed by atoms with Gasteiger partial charge in [0, 0.05) is 21.9 Å². The van der Waals surface area contributed by atoms with Crippen LogP contribution in [0.5, 0.6) is 0 Å². The number of hydrogen-bond acceptors (Lipinski definition) is 3. The second-order valence-corrected chi connectivity index (χ2v) is 4.58. The molecule has 2 aromatic rings. The Hall–Kier alpha value is -1.95. The molecule has 0 saturated heterocycles. The van der Waals surface area contributed by atoms with Crippen LogP contribution in [0.4, 0.5) is 14.5 Å². The monoisotopic (exact) mass is 267 g/mol. The Morgan fingerprint density at radius 1 is 0.944 bits per heavy atom. The lowest BCUT2D eigenvalue weighted by atomic mass is 10.3. The third-order valence-electron chi connectivity index (χ3n) is 2.17. The van der Waals surface area contributed by atoms with Gasteiger partial charge in [-0.3, -0.25) is 10.1 Å². The highest BCUT2D eigenvalue weighted by molar-refractivity contribution is 7.99. The third kappa shape index (κ3) is 2.84. The summed E-state index contributed by atoms with van der Waals surface area (Å²) in [5.74, 6) is -1.81. The van der Waals surface area contributed by atoms with Gasteiger partial charge in [-0.1, -0.05) is 11.8 Å². The summed E-state index contributed by atoms with van der Waals surface area (Å²) in [7, 11) is 0. The van der Waals surface area contributed by atoms with Crippen LogP contribution in [0.2, 0.25) is 0 Å². The van der Waals surface area contributed by atoms with Crippen molar-refractivity contribution < 1.29 is 13.7 Å². The van der Waals surface area contributed by atoms with Gasteiger partial charge in [-0.15, -0.1) is 0 Å². The number of benzene rings is 2. The van der Waals surface area contributed by atoms with Crippen LogP contribution >= 0.6 is 11.8 Å². The van der Waals surface area contributed by atoms with E-state index in [0.717, 1.165) is 12.1 Å². The molecule has 0 heterocycles. The lowest BCUT2D eigenvalue weighted by Crippen LogP contribution is -1.87. The number of halogens is 2. The number of non-ortho nitro benzene ring substituents is 1. The molecule has 0 aliphatic rings. The van der Waals surface area contributed by atoms with Gasteiger partial charge in [0.15, 0.2) is 11.6 Å². The fraction of sp³-hybridized carbons (Fsp3) is 0. The van der Waals surface area contributed by atoms with Crippen molar-refractivity contribution in [2.75, 3.05) is 0 Å². The Morgan fingerprint density at radius 3 is 2.11 bits per heavy atom. The summed E-state index contributed by atoms with van der Waals surface area (Å²) in [5.41, 5.74) is -0.00960. The molecular formula is C12H7F2NO2S. The average molecular weight is 267 g/mol. The van der Waals surface area contributed by atoms with E-state index in [-0.39, 0.29) is 5.69 Å². The van der Waals surface area contributed by atoms with Crippen molar-refractivity contribution in [2.24, 2.45) is 0 Å². The van der Waals surface area contributed by atoms with E-state index in [0.29, 0.717) is 9.79 Å². The van der Waals surface area contributed by atoms with E-state index < -0.39 is 16.6 Å². The molecule has 0 aliphatic carbocycles. The molecule has 0 fully saturated rings. The minimum Gasteiger partial charge on any atom is -0.258 e. The zero-order valence-electron chi connectivity index (χ0n) is 8.97. The van der Waals surface area contributed by atoms with Gasteiger partial charge in [0.05, 0.1) is 4.92 Å². The van der Waals surface area contributed by atoms with Crippen molar-refractivity contribution >= 4 is 17.4 Å². The van der Waals surface area contributed by atoms with Gasteiger partial charge >= 0.3 is 0 Å². The molecule has 3 nitrogen and oxygen atoms in total. The first-order valence-electron chi connectivity index (χ1n) is 4.93. The minimum atomic E-state index is -0.915. The average Bonchev–Trinajstić information content (AvgIpc) is 2.34. The van der Waals surface area contributed by atoms with Crippen LogP contribution in [0, 0.1) is 21.7 Å². The van der Waals surface area contributed by atoms with Crippen LogP contribution in [0.1, 0.15) is 0 Å². The second-order valence-electron chi connectivity index (χ2n) is 3.43. The van der Waals surface area contributed by atoms with E-state index in [1.54, 1.807) is 12.1 Å².